The van der Waals surface area contributed by atoms with E-state index in [0.29, 0.717) is 68.6 Å². The maximum atomic E-state index is 13.2. The number of nitro groups is 1. The van der Waals surface area contributed by atoms with Crippen molar-refractivity contribution in [1.82, 2.24) is 20.9 Å². The van der Waals surface area contributed by atoms with Crippen molar-refractivity contribution in [1.29, 1.82) is 0 Å². The van der Waals surface area contributed by atoms with Gasteiger partial charge in [-0.3, -0.25) is 34.1 Å². The van der Waals surface area contributed by atoms with Crippen LogP contribution in [0.25, 0.3) is 0 Å². The number of hydrogen-bond acceptors (Lipinski definition) is 18. The largest absolute Gasteiger partial charge is 0.514 e. The van der Waals surface area contributed by atoms with E-state index < -0.39 is 47.1 Å². The van der Waals surface area contributed by atoms with Crippen LogP contribution in [0.1, 0.15) is 45.6 Å². The van der Waals surface area contributed by atoms with Gasteiger partial charge in [0.25, 0.3) is 23.4 Å². The van der Waals surface area contributed by atoms with Gasteiger partial charge in [-0.1, -0.05) is 26.0 Å². The SMILES string of the molecule is CC(C)[C@H](NC(=O)CCOCCOCCOCCOCCOCCOC(Nc1ccc(COC(=O)Oc2ccc([N+](=O)[O-])cc2)cc1)C(=O)N1C(=O)C=CC1=O)C(=O)N[C@@H](C)CCCNC(N)=O. The fourth-order valence-corrected chi connectivity index (χ4v) is 5.84. The topological polar surface area (TPSA) is 314 Å². The molecule has 1 aliphatic heterocycles. The molecule has 0 saturated heterocycles. The Morgan fingerprint density at radius 1 is 0.735 bits per heavy atom. The van der Waals surface area contributed by atoms with E-state index in [-0.39, 0.29) is 87.9 Å². The maximum absolute atomic E-state index is 13.2. The lowest BCUT2D eigenvalue weighted by Crippen LogP contribution is -2.51. The fraction of sp³-hybridized carbons (Fsp3) is 0.523. The van der Waals surface area contributed by atoms with Crippen molar-refractivity contribution in [2.24, 2.45) is 11.7 Å². The molecule has 0 aromatic heterocycles. The van der Waals surface area contributed by atoms with Crippen molar-refractivity contribution in [3.8, 4) is 5.75 Å². The molecule has 3 rings (SSSR count). The number of nitro benzene ring substituents is 1. The Balaban J connectivity index is 1.22. The van der Waals surface area contributed by atoms with Gasteiger partial charge in [0.1, 0.15) is 18.4 Å². The van der Waals surface area contributed by atoms with Crippen LogP contribution in [0.5, 0.6) is 5.75 Å². The first kappa shape index (κ1) is 55.8. The van der Waals surface area contributed by atoms with Gasteiger partial charge in [-0.15, -0.1) is 0 Å². The summed E-state index contributed by atoms with van der Waals surface area (Å²) in [5.41, 5.74) is 5.80. The Kier molecular flexibility index (Phi) is 25.8. The highest BCUT2D eigenvalue weighted by Crippen LogP contribution is 2.19. The van der Waals surface area contributed by atoms with E-state index >= 15 is 0 Å². The number of carbonyl (C=O) groups is 7. The minimum absolute atomic E-state index is 0.0463. The van der Waals surface area contributed by atoms with Gasteiger partial charge < -0.3 is 64.9 Å². The molecule has 24 heteroatoms. The van der Waals surface area contributed by atoms with Gasteiger partial charge >= 0.3 is 12.2 Å². The number of ether oxygens (including phenoxy) is 8. The van der Waals surface area contributed by atoms with Gasteiger partial charge in [0.2, 0.25) is 18.0 Å². The summed E-state index contributed by atoms with van der Waals surface area (Å²) in [6.45, 7) is 8.12. The quantitative estimate of drug-likeness (QED) is 0.0128. The molecule has 1 unspecified atom stereocenters. The molecule has 1 heterocycles. The lowest BCUT2D eigenvalue weighted by Gasteiger charge is -2.24. The Morgan fingerprint density at radius 2 is 1.28 bits per heavy atom. The van der Waals surface area contributed by atoms with Gasteiger partial charge in [0, 0.05) is 49.0 Å². The second-order valence-corrected chi connectivity index (χ2v) is 15.1. The first-order chi connectivity index (χ1) is 32.6. The number of nitrogens with one attached hydrogen (secondary N) is 4. The third-order valence-electron chi connectivity index (χ3n) is 9.35. The molecule has 68 heavy (non-hydrogen) atoms. The van der Waals surface area contributed by atoms with E-state index in [2.05, 4.69) is 21.3 Å². The van der Waals surface area contributed by atoms with Crippen molar-refractivity contribution in [2.45, 2.75) is 65.0 Å². The van der Waals surface area contributed by atoms with Gasteiger partial charge in [0.15, 0.2) is 0 Å². The number of amides is 7. The van der Waals surface area contributed by atoms with Gasteiger partial charge in [-0.05, 0) is 55.5 Å². The van der Waals surface area contributed by atoms with E-state index in [1.165, 1.54) is 24.3 Å². The summed E-state index contributed by atoms with van der Waals surface area (Å²) >= 11 is 0. The summed E-state index contributed by atoms with van der Waals surface area (Å²) in [6.07, 6.45) is 0.813. The molecule has 2 aromatic rings. The molecular weight excluding hydrogens is 899 g/mol. The number of imide groups is 3. The van der Waals surface area contributed by atoms with Crippen LogP contribution in [0.4, 0.5) is 21.0 Å². The molecule has 0 bridgehead atoms. The molecule has 374 valence electrons. The predicted octanol–water partition coefficient (Wildman–Crippen LogP) is 2.08. The second kappa shape index (κ2) is 31.4. The van der Waals surface area contributed by atoms with Crippen molar-refractivity contribution in [3.63, 3.8) is 0 Å². The van der Waals surface area contributed by atoms with Crippen LogP contribution in [-0.4, -0.2) is 149 Å². The van der Waals surface area contributed by atoms with Crippen LogP contribution in [0, 0.1) is 16.0 Å². The highest BCUT2D eigenvalue weighted by Gasteiger charge is 2.36. The normalized spacial score (nSPS) is 13.4. The average Bonchev–Trinajstić information content (AvgIpc) is 3.64. The van der Waals surface area contributed by atoms with Crippen LogP contribution in [0.15, 0.2) is 60.7 Å². The van der Waals surface area contributed by atoms with Gasteiger partial charge in [0.05, 0.1) is 77.6 Å². The lowest BCUT2D eigenvalue weighted by molar-refractivity contribution is -0.384. The zero-order valence-electron chi connectivity index (χ0n) is 38.3. The monoisotopic (exact) mass is 959 g/mol. The zero-order chi connectivity index (χ0) is 49.7. The number of primary amides is 1. The van der Waals surface area contributed by atoms with E-state index in [9.17, 15) is 43.7 Å². The summed E-state index contributed by atoms with van der Waals surface area (Å²) in [5, 5.41) is 21.8. The number of urea groups is 1. The molecule has 0 fully saturated rings. The molecule has 24 nitrogen and oxygen atoms in total. The first-order valence-corrected chi connectivity index (χ1v) is 21.8. The molecule has 3 atom stereocenters. The van der Waals surface area contributed by atoms with Crippen molar-refractivity contribution in [2.75, 3.05) is 84.5 Å². The van der Waals surface area contributed by atoms with E-state index in [4.69, 9.17) is 43.6 Å². The third kappa shape index (κ3) is 22.3. The van der Waals surface area contributed by atoms with Gasteiger partial charge in [-0.2, -0.15) is 0 Å². The number of hydrogen-bond donors (Lipinski definition) is 5. The summed E-state index contributed by atoms with van der Waals surface area (Å²) in [6, 6.07) is 9.70. The molecule has 0 saturated carbocycles. The summed E-state index contributed by atoms with van der Waals surface area (Å²) in [4.78, 5) is 96.4. The molecule has 7 amide bonds. The van der Waals surface area contributed by atoms with Crippen LogP contribution >= 0.6 is 0 Å². The highest BCUT2D eigenvalue weighted by molar-refractivity contribution is 6.23. The Bertz CT molecular complexity index is 1950. The number of anilines is 1. The number of non-ortho nitro benzene ring substituents is 1. The number of benzene rings is 2. The Morgan fingerprint density at radius 3 is 1.81 bits per heavy atom. The molecule has 0 spiro atoms. The van der Waals surface area contributed by atoms with Crippen molar-refractivity contribution < 1.29 is 76.4 Å². The van der Waals surface area contributed by atoms with Crippen LogP contribution in [0.2, 0.25) is 0 Å². The van der Waals surface area contributed by atoms with Crippen molar-refractivity contribution >= 4 is 53.1 Å². The maximum Gasteiger partial charge on any atom is 0.514 e. The van der Waals surface area contributed by atoms with E-state index in [1.54, 1.807) is 24.3 Å². The molecular formula is C44H61N7O17. The number of nitrogens with zero attached hydrogens (tertiary/aromatic N) is 2. The molecule has 1 aliphatic rings. The highest BCUT2D eigenvalue weighted by atomic mass is 16.7. The first-order valence-electron chi connectivity index (χ1n) is 21.8. The van der Waals surface area contributed by atoms with Crippen molar-refractivity contribution in [3.05, 3.63) is 76.4 Å². The zero-order valence-corrected chi connectivity index (χ0v) is 38.3. The summed E-state index contributed by atoms with van der Waals surface area (Å²) in [5.74, 6) is -3.23. The smallest absolute Gasteiger partial charge is 0.429 e. The molecule has 0 aliphatic carbocycles. The standard InChI is InChI=1S/C44H61N7O17/c1-30(2)39(40(55)47-31(3)5-4-17-46-43(45)57)49-36(52)16-18-61-19-20-62-21-22-63-23-24-64-25-26-65-27-28-66-41(42(56)50-37(53)14-15-38(50)54)48-33-8-6-32(7-9-33)29-67-44(58)68-35-12-10-34(11-13-35)51(59)60/h6-15,30-31,39,41,48H,4-5,16-29H2,1-3H3,(H,47,55)(H,49,52)(H3,45,46,57)/t31-,39-,41?/m0/s1. The second-order valence-electron chi connectivity index (χ2n) is 15.1. The van der Waals surface area contributed by atoms with Crippen LogP contribution in [-0.2, 0) is 63.7 Å². The summed E-state index contributed by atoms with van der Waals surface area (Å²) in [7, 11) is 0. The predicted molar refractivity (Wildman–Crippen MR) is 240 cm³/mol. The minimum atomic E-state index is -1.45. The van der Waals surface area contributed by atoms with E-state index in [1.807, 2.05) is 20.8 Å². The van der Waals surface area contributed by atoms with Crippen LogP contribution < -0.4 is 31.7 Å². The molecule has 0 radical (unpaired) electrons. The average molecular weight is 960 g/mol. The molecule has 2 aromatic carbocycles. The van der Waals surface area contributed by atoms with Gasteiger partial charge in [-0.25, -0.2) is 14.5 Å². The van der Waals surface area contributed by atoms with E-state index in [0.717, 1.165) is 12.2 Å². The number of rotatable bonds is 34. The summed E-state index contributed by atoms with van der Waals surface area (Å²) < 4.78 is 43.3. The fourth-order valence-electron chi connectivity index (χ4n) is 5.84. The number of nitrogens with two attached hydrogens (primary N) is 1. The Labute approximate surface area is 392 Å². The van der Waals surface area contributed by atoms with Crippen LogP contribution in [0.3, 0.4) is 0 Å². The molecule has 6 N–H and O–H groups in total. The number of carbonyl (C=O) groups excluding carboxylic acids is 7. The Hall–Kier alpha value is -6.57. The lowest BCUT2D eigenvalue weighted by atomic mass is 10.0. The minimum Gasteiger partial charge on any atom is -0.429 e. The third-order valence-corrected chi connectivity index (χ3v) is 9.35.